The Hall–Kier alpha value is -2.79. The summed E-state index contributed by atoms with van der Waals surface area (Å²) >= 11 is 1.31. The van der Waals surface area contributed by atoms with E-state index in [4.69, 9.17) is 11.0 Å². The van der Waals surface area contributed by atoms with Crippen molar-refractivity contribution in [2.24, 2.45) is 10.7 Å². The van der Waals surface area contributed by atoms with Crippen LogP contribution in [-0.4, -0.2) is 23.8 Å². The zero-order valence-electron chi connectivity index (χ0n) is 15.0. The van der Waals surface area contributed by atoms with E-state index in [0.717, 1.165) is 6.92 Å². The van der Waals surface area contributed by atoms with Crippen LogP contribution in [0.2, 0.25) is 0 Å². The van der Waals surface area contributed by atoms with Crippen molar-refractivity contribution in [1.82, 2.24) is 4.90 Å². The molecule has 2 heterocycles. The highest BCUT2D eigenvalue weighted by Gasteiger charge is 2.48. The minimum absolute atomic E-state index is 0.0716. The van der Waals surface area contributed by atoms with E-state index < -0.39 is 17.4 Å². The monoisotopic (exact) mass is 388 g/mol. The summed E-state index contributed by atoms with van der Waals surface area (Å²) < 4.78 is 27.1. The van der Waals surface area contributed by atoms with E-state index in [1.54, 1.807) is 18.4 Å². The molecule has 1 aromatic heterocycles. The largest absolute Gasteiger partial charge is 0.369 e. The Labute approximate surface area is 159 Å². The molecule has 5 nitrogen and oxygen atoms in total. The van der Waals surface area contributed by atoms with E-state index in [9.17, 15) is 13.6 Å². The number of hydrogen-bond donors (Lipinski definition) is 1. The van der Waals surface area contributed by atoms with Gasteiger partial charge in [0.1, 0.15) is 11.6 Å². The van der Waals surface area contributed by atoms with E-state index in [1.807, 2.05) is 0 Å². The first-order valence-electron chi connectivity index (χ1n) is 8.18. The number of halogens is 2. The van der Waals surface area contributed by atoms with Crippen molar-refractivity contribution in [2.75, 3.05) is 7.05 Å². The average molecular weight is 388 g/mol. The minimum atomic E-state index is -2.97. The molecule has 3 rings (SSSR count). The molecule has 27 heavy (non-hydrogen) atoms. The number of thiophene rings is 1. The summed E-state index contributed by atoms with van der Waals surface area (Å²) in [6, 6.07) is 9.44. The second-order valence-corrected chi connectivity index (χ2v) is 7.68. The van der Waals surface area contributed by atoms with Crippen molar-refractivity contribution in [3.05, 3.63) is 57.3 Å². The number of aliphatic imine (C=N–C) groups is 1. The third-order valence-electron chi connectivity index (χ3n) is 4.81. The normalized spacial score (nSPS) is 23.1. The number of guanidine groups is 1. The lowest BCUT2D eigenvalue weighted by Crippen LogP contribution is -2.52. The number of nitrogens with zero attached hydrogens (tertiary/aromatic N) is 3. The zero-order valence-corrected chi connectivity index (χ0v) is 15.8. The van der Waals surface area contributed by atoms with Crippen molar-refractivity contribution >= 4 is 23.2 Å². The van der Waals surface area contributed by atoms with Gasteiger partial charge in [-0.05, 0) is 18.6 Å². The van der Waals surface area contributed by atoms with Crippen LogP contribution < -0.4 is 5.73 Å². The molecule has 1 aliphatic rings. The van der Waals surface area contributed by atoms with Crippen LogP contribution in [0.4, 0.5) is 8.78 Å². The summed E-state index contributed by atoms with van der Waals surface area (Å²) in [6.45, 7) is 2.59. The molecule has 0 radical (unpaired) electrons. The Balaban J connectivity index is 2.15. The van der Waals surface area contributed by atoms with E-state index in [2.05, 4.69) is 11.1 Å². The Bertz CT molecular complexity index is 955. The molecule has 1 aliphatic heterocycles. The summed E-state index contributed by atoms with van der Waals surface area (Å²) in [6.07, 6.45) is 0. The molecule has 1 amide bonds. The van der Waals surface area contributed by atoms with Gasteiger partial charge < -0.3 is 5.73 Å². The lowest BCUT2D eigenvalue weighted by Gasteiger charge is -2.40. The molecule has 0 spiro atoms. The Kier molecular flexibility index (Phi) is 4.52. The maximum atomic E-state index is 13.5. The molecule has 0 fully saturated rings. The second-order valence-electron chi connectivity index (χ2n) is 6.77. The summed E-state index contributed by atoms with van der Waals surface area (Å²) in [4.78, 5) is 19.5. The van der Waals surface area contributed by atoms with Gasteiger partial charge in [0.05, 0.1) is 11.5 Å². The highest BCUT2D eigenvalue weighted by molar-refractivity contribution is 7.10. The number of carbonyl (C=O) groups is 1. The van der Waals surface area contributed by atoms with Crippen LogP contribution in [0.25, 0.3) is 0 Å². The number of amides is 1. The molecule has 2 atom stereocenters. The third kappa shape index (κ3) is 3.19. The van der Waals surface area contributed by atoms with E-state index in [-0.39, 0.29) is 17.4 Å². The van der Waals surface area contributed by atoms with Gasteiger partial charge in [-0.1, -0.05) is 24.3 Å². The van der Waals surface area contributed by atoms with Gasteiger partial charge in [0.25, 0.3) is 5.92 Å². The van der Waals surface area contributed by atoms with E-state index >= 15 is 0 Å². The standard InChI is InChI=1S/C19H18F2N4OS/c1-18(14-8-11(9-22)10-27-14)15(16(26)25(3)17(23)24-18)12-4-6-13(7-5-12)19(2,20)21/h4-8,10,15H,1-3H3,(H2,23,24). The Morgan fingerprint density at radius 2 is 2.00 bits per heavy atom. The summed E-state index contributed by atoms with van der Waals surface area (Å²) in [5, 5.41) is 10.8. The highest BCUT2D eigenvalue weighted by Crippen LogP contribution is 2.46. The molecule has 140 valence electrons. The van der Waals surface area contributed by atoms with Crippen LogP contribution in [0.3, 0.4) is 0 Å². The molecule has 0 aliphatic carbocycles. The second kappa shape index (κ2) is 6.43. The first kappa shape index (κ1) is 19.0. The number of carbonyl (C=O) groups excluding carboxylic acids is 1. The number of hydrogen-bond acceptors (Lipinski definition) is 5. The van der Waals surface area contributed by atoms with Crippen LogP contribution in [0.5, 0.6) is 0 Å². The SMILES string of the molecule is CN1C(=O)C(c2ccc(C(C)(F)F)cc2)C(C)(c2cc(C#N)cs2)N=C1N. The Morgan fingerprint density at radius 3 is 2.52 bits per heavy atom. The van der Waals surface area contributed by atoms with Crippen molar-refractivity contribution < 1.29 is 13.6 Å². The predicted molar refractivity (Wildman–Crippen MR) is 99.5 cm³/mol. The maximum absolute atomic E-state index is 13.5. The van der Waals surface area contributed by atoms with Crippen molar-refractivity contribution in [3.63, 3.8) is 0 Å². The van der Waals surface area contributed by atoms with Crippen molar-refractivity contribution in [2.45, 2.75) is 31.2 Å². The van der Waals surface area contributed by atoms with E-state index in [1.165, 1.54) is 47.5 Å². The van der Waals surface area contributed by atoms with Gasteiger partial charge in [0, 0.05) is 29.8 Å². The number of nitriles is 1. The average Bonchev–Trinajstić information content (AvgIpc) is 3.09. The summed E-state index contributed by atoms with van der Waals surface area (Å²) in [5.41, 5.74) is 5.80. The van der Waals surface area contributed by atoms with Gasteiger partial charge in [-0.2, -0.15) is 5.26 Å². The Morgan fingerprint density at radius 1 is 1.37 bits per heavy atom. The van der Waals surface area contributed by atoms with Crippen molar-refractivity contribution in [3.8, 4) is 6.07 Å². The fraction of sp³-hybridized carbons (Fsp3) is 0.316. The van der Waals surface area contributed by atoms with Crippen LogP contribution in [0.15, 0.2) is 40.7 Å². The topological polar surface area (TPSA) is 82.5 Å². The fourth-order valence-corrected chi connectivity index (χ4v) is 4.19. The smallest absolute Gasteiger partial charge is 0.270 e. The molecule has 1 aromatic carbocycles. The van der Waals surface area contributed by atoms with Gasteiger partial charge in [0.2, 0.25) is 5.91 Å². The van der Waals surface area contributed by atoms with Gasteiger partial charge in [-0.15, -0.1) is 11.3 Å². The van der Waals surface area contributed by atoms with Crippen LogP contribution in [0.1, 0.15) is 41.3 Å². The summed E-state index contributed by atoms with van der Waals surface area (Å²) in [5.74, 6) is -3.93. The molecule has 0 saturated carbocycles. The van der Waals surface area contributed by atoms with E-state index in [0.29, 0.717) is 16.0 Å². The maximum Gasteiger partial charge on any atom is 0.270 e. The molecule has 2 aromatic rings. The number of likely N-dealkylation sites (N-methyl/N-ethyl adjacent to an activating group) is 1. The number of nitrogens with two attached hydrogens (primary N) is 1. The molecule has 0 bridgehead atoms. The van der Waals surface area contributed by atoms with Gasteiger partial charge in [-0.3, -0.25) is 9.69 Å². The quantitative estimate of drug-likeness (QED) is 0.873. The van der Waals surface area contributed by atoms with Gasteiger partial charge in [-0.25, -0.2) is 13.8 Å². The number of rotatable bonds is 3. The fourth-order valence-electron chi connectivity index (χ4n) is 3.22. The molecule has 0 saturated heterocycles. The van der Waals surface area contributed by atoms with Crippen LogP contribution in [-0.2, 0) is 16.3 Å². The van der Waals surface area contributed by atoms with Crippen molar-refractivity contribution in [1.29, 1.82) is 5.26 Å². The lowest BCUT2D eigenvalue weighted by molar-refractivity contribution is -0.130. The number of benzene rings is 1. The molecule has 2 unspecified atom stereocenters. The predicted octanol–water partition coefficient (Wildman–Crippen LogP) is 3.52. The minimum Gasteiger partial charge on any atom is -0.369 e. The lowest BCUT2D eigenvalue weighted by atomic mass is 9.77. The van der Waals surface area contributed by atoms with Gasteiger partial charge in [0.15, 0.2) is 5.96 Å². The first-order chi connectivity index (χ1) is 12.6. The number of alkyl halides is 2. The molecular formula is C19H18F2N4OS. The highest BCUT2D eigenvalue weighted by atomic mass is 32.1. The first-order valence-corrected chi connectivity index (χ1v) is 9.06. The van der Waals surface area contributed by atoms with Crippen LogP contribution >= 0.6 is 11.3 Å². The molecule has 2 N–H and O–H groups in total. The molecular weight excluding hydrogens is 370 g/mol. The van der Waals surface area contributed by atoms with Gasteiger partial charge >= 0.3 is 0 Å². The zero-order chi connectivity index (χ0) is 20.0. The summed E-state index contributed by atoms with van der Waals surface area (Å²) in [7, 11) is 1.53. The van der Waals surface area contributed by atoms with Crippen LogP contribution in [0, 0.1) is 11.3 Å². The molecule has 8 heteroatoms. The third-order valence-corrected chi connectivity index (χ3v) is 5.97.